The van der Waals surface area contributed by atoms with Gasteiger partial charge in [0, 0.05) is 6.04 Å². The summed E-state index contributed by atoms with van der Waals surface area (Å²) >= 11 is 0. The highest BCUT2D eigenvalue weighted by molar-refractivity contribution is 5.34. The van der Waals surface area contributed by atoms with Crippen molar-refractivity contribution in [1.29, 1.82) is 0 Å². The van der Waals surface area contributed by atoms with Gasteiger partial charge in [0.2, 0.25) is 0 Å². The maximum Gasteiger partial charge on any atom is 0.0326 e. The standard InChI is InChI=1S/C18H21N/c1-2-7-15(8-3-1)9-6-14-19-18-13-12-16-10-4-5-11-17(16)18/h1-5,7-8,10-11,18-19H,6,9,12-14H2/t18-/m1/s1. The van der Waals surface area contributed by atoms with Gasteiger partial charge in [-0.25, -0.2) is 0 Å². The third-order valence-corrected chi connectivity index (χ3v) is 4.01. The molecular formula is C18H21N. The predicted molar refractivity (Wildman–Crippen MR) is 80.3 cm³/mol. The summed E-state index contributed by atoms with van der Waals surface area (Å²) in [4.78, 5) is 0. The Morgan fingerprint density at radius 2 is 1.74 bits per heavy atom. The van der Waals surface area contributed by atoms with Crippen LogP contribution in [-0.4, -0.2) is 6.54 Å². The molecule has 19 heavy (non-hydrogen) atoms. The van der Waals surface area contributed by atoms with E-state index < -0.39 is 0 Å². The molecule has 0 unspecified atom stereocenters. The SMILES string of the molecule is c1ccc(CCCN[C@@H]2CCc3ccccc32)cc1. The van der Waals surface area contributed by atoms with Crippen molar-refractivity contribution in [1.82, 2.24) is 5.32 Å². The molecule has 2 aromatic rings. The maximum atomic E-state index is 3.71. The second-order valence-electron chi connectivity index (χ2n) is 5.33. The zero-order valence-corrected chi connectivity index (χ0v) is 11.3. The number of nitrogens with one attached hydrogen (secondary N) is 1. The van der Waals surface area contributed by atoms with Crippen molar-refractivity contribution in [2.24, 2.45) is 0 Å². The summed E-state index contributed by atoms with van der Waals surface area (Å²) in [6.07, 6.45) is 4.86. The van der Waals surface area contributed by atoms with Gasteiger partial charge in [-0.3, -0.25) is 0 Å². The van der Waals surface area contributed by atoms with Crippen molar-refractivity contribution in [3.63, 3.8) is 0 Å². The molecule has 1 N–H and O–H groups in total. The van der Waals surface area contributed by atoms with Crippen LogP contribution in [0, 0.1) is 0 Å². The Bertz CT molecular complexity index is 518. The van der Waals surface area contributed by atoms with Gasteiger partial charge in [0.15, 0.2) is 0 Å². The molecule has 0 heterocycles. The van der Waals surface area contributed by atoms with Crippen LogP contribution in [0.2, 0.25) is 0 Å². The summed E-state index contributed by atoms with van der Waals surface area (Å²) in [5, 5.41) is 3.71. The molecule has 0 aromatic heterocycles. The normalized spacial score (nSPS) is 17.4. The minimum atomic E-state index is 0.576. The number of benzene rings is 2. The molecule has 1 aliphatic rings. The first-order chi connectivity index (χ1) is 9.43. The van der Waals surface area contributed by atoms with E-state index in [4.69, 9.17) is 0 Å². The van der Waals surface area contributed by atoms with E-state index in [0.29, 0.717) is 6.04 Å². The summed E-state index contributed by atoms with van der Waals surface area (Å²) in [6.45, 7) is 1.11. The molecule has 0 saturated heterocycles. The third-order valence-electron chi connectivity index (χ3n) is 4.01. The molecule has 3 rings (SSSR count). The fraction of sp³-hybridized carbons (Fsp3) is 0.333. The quantitative estimate of drug-likeness (QED) is 0.795. The van der Waals surface area contributed by atoms with Gasteiger partial charge in [0.1, 0.15) is 0 Å². The number of hydrogen-bond acceptors (Lipinski definition) is 1. The van der Waals surface area contributed by atoms with Gasteiger partial charge in [-0.1, -0.05) is 54.6 Å². The molecule has 0 radical (unpaired) electrons. The molecular weight excluding hydrogens is 230 g/mol. The van der Waals surface area contributed by atoms with Crippen molar-refractivity contribution in [2.75, 3.05) is 6.54 Å². The molecule has 0 spiro atoms. The lowest BCUT2D eigenvalue weighted by Gasteiger charge is -2.13. The number of rotatable bonds is 5. The summed E-state index contributed by atoms with van der Waals surface area (Å²) in [5.41, 5.74) is 4.49. The van der Waals surface area contributed by atoms with Crippen LogP contribution in [-0.2, 0) is 12.8 Å². The third kappa shape index (κ3) is 3.05. The summed E-state index contributed by atoms with van der Waals surface area (Å²) in [5.74, 6) is 0. The highest BCUT2D eigenvalue weighted by atomic mass is 14.9. The first-order valence-corrected chi connectivity index (χ1v) is 7.28. The molecule has 0 amide bonds. The fourth-order valence-corrected chi connectivity index (χ4v) is 2.98. The van der Waals surface area contributed by atoms with Crippen molar-refractivity contribution in [2.45, 2.75) is 31.7 Å². The molecule has 1 atom stereocenters. The molecule has 0 fully saturated rings. The van der Waals surface area contributed by atoms with Crippen LogP contribution in [0.25, 0.3) is 0 Å². The lowest BCUT2D eigenvalue weighted by atomic mass is 10.1. The van der Waals surface area contributed by atoms with E-state index >= 15 is 0 Å². The monoisotopic (exact) mass is 251 g/mol. The van der Waals surface area contributed by atoms with Crippen molar-refractivity contribution in [3.05, 3.63) is 71.3 Å². The van der Waals surface area contributed by atoms with Crippen molar-refractivity contribution >= 4 is 0 Å². The Hall–Kier alpha value is -1.60. The maximum absolute atomic E-state index is 3.71. The van der Waals surface area contributed by atoms with Gasteiger partial charge in [0.05, 0.1) is 0 Å². The molecule has 2 aromatic carbocycles. The Labute approximate surface area is 115 Å². The Morgan fingerprint density at radius 3 is 2.63 bits per heavy atom. The van der Waals surface area contributed by atoms with E-state index in [-0.39, 0.29) is 0 Å². The molecule has 1 nitrogen and oxygen atoms in total. The van der Waals surface area contributed by atoms with E-state index in [2.05, 4.69) is 59.9 Å². The van der Waals surface area contributed by atoms with Gasteiger partial charge in [-0.15, -0.1) is 0 Å². The van der Waals surface area contributed by atoms with Gasteiger partial charge in [-0.2, -0.15) is 0 Å². The fourth-order valence-electron chi connectivity index (χ4n) is 2.98. The smallest absolute Gasteiger partial charge is 0.0326 e. The molecule has 1 aliphatic carbocycles. The number of fused-ring (bicyclic) bond motifs is 1. The van der Waals surface area contributed by atoms with Crippen LogP contribution >= 0.6 is 0 Å². The minimum Gasteiger partial charge on any atom is -0.310 e. The van der Waals surface area contributed by atoms with Crippen LogP contribution in [0.5, 0.6) is 0 Å². The first kappa shape index (κ1) is 12.4. The Kier molecular flexibility index (Phi) is 3.95. The van der Waals surface area contributed by atoms with Crippen LogP contribution in [0.4, 0.5) is 0 Å². The molecule has 0 aliphatic heterocycles. The average Bonchev–Trinajstić information content (AvgIpc) is 2.88. The van der Waals surface area contributed by atoms with Gasteiger partial charge >= 0.3 is 0 Å². The van der Waals surface area contributed by atoms with Crippen LogP contribution in [0.1, 0.15) is 35.6 Å². The van der Waals surface area contributed by atoms with Gasteiger partial charge in [0.25, 0.3) is 0 Å². The van der Waals surface area contributed by atoms with Gasteiger partial charge < -0.3 is 5.32 Å². The Morgan fingerprint density at radius 1 is 0.947 bits per heavy atom. The molecule has 0 bridgehead atoms. The van der Waals surface area contributed by atoms with E-state index in [1.807, 2.05) is 0 Å². The zero-order chi connectivity index (χ0) is 12.9. The summed E-state index contributed by atoms with van der Waals surface area (Å²) in [6, 6.07) is 20.2. The Balaban J connectivity index is 1.47. The highest BCUT2D eigenvalue weighted by Crippen LogP contribution is 2.30. The van der Waals surface area contributed by atoms with Crippen LogP contribution in [0.3, 0.4) is 0 Å². The van der Waals surface area contributed by atoms with E-state index in [0.717, 1.165) is 6.54 Å². The number of aryl methyl sites for hydroxylation is 2. The largest absolute Gasteiger partial charge is 0.310 e. The molecule has 1 heteroatoms. The van der Waals surface area contributed by atoms with Gasteiger partial charge in [-0.05, 0) is 48.9 Å². The lowest BCUT2D eigenvalue weighted by Crippen LogP contribution is -2.20. The van der Waals surface area contributed by atoms with Crippen molar-refractivity contribution < 1.29 is 0 Å². The highest BCUT2D eigenvalue weighted by Gasteiger charge is 2.20. The minimum absolute atomic E-state index is 0.576. The summed E-state index contributed by atoms with van der Waals surface area (Å²) < 4.78 is 0. The summed E-state index contributed by atoms with van der Waals surface area (Å²) in [7, 11) is 0. The second-order valence-corrected chi connectivity index (χ2v) is 5.33. The molecule has 98 valence electrons. The zero-order valence-electron chi connectivity index (χ0n) is 11.3. The van der Waals surface area contributed by atoms with E-state index in [1.165, 1.54) is 42.4 Å². The van der Waals surface area contributed by atoms with E-state index in [9.17, 15) is 0 Å². The molecule has 0 saturated carbocycles. The first-order valence-electron chi connectivity index (χ1n) is 7.28. The number of hydrogen-bond donors (Lipinski definition) is 1. The lowest BCUT2D eigenvalue weighted by molar-refractivity contribution is 0.520. The topological polar surface area (TPSA) is 12.0 Å². The van der Waals surface area contributed by atoms with E-state index in [1.54, 1.807) is 0 Å². The van der Waals surface area contributed by atoms with Crippen molar-refractivity contribution in [3.8, 4) is 0 Å². The average molecular weight is 251 g/mol. The predicted octanol–water partition coefficient (Wildman–Crippen LogP) is 3.90. The second kappa shape index (κ2) is 6.03. The van der Waals surface area contributed by atoms with Crippen LogP contribution in [0.15, 0.2) is 54.6 Å². The van der Waals surface area contributed by atoms with Crippen LogP contribution < -0.4 is 5.32 Å².